The van der Waals surface area contributed by atoms with Crippen molar-refractivity contribution in [2.24, 2.45) is 5.84 Å². The Morgan fingerprint density at radius 1 is 1.53 bits per heavy atom. The van der Waals surface area contributed by atoms with Crippen LogP contribution >= 0.6 is 11.6 Å². The van der Waals surface area contributed by atoms with Gasteiger partial charge in [0.2, 0.25) is 0 Å². The van der Waals surface area contributed by atoms with Crippen LogP contribution in [0.4, 0.5) is 0 Å². The fraction of sp³-hybridized carbons (Fsp3) is 0.333. The van der Waals surface area contributed by atoms with E-state index in [-0.39, 0.29) is 6.04 Å². The van der Waals surface area contributed by atoms with E-state index in [0.717, 1.165) is 22.6 Å². The first-order valence-electron chi connectivity index (χ1n) is 4.84. The zero-order valence-electron chi connectivity index (χ0n) is 8.76. The van der Waals surface area contributed by atoms with Gasteiger partial charge in [-0.05, 0) is 36.6 Å². The number of aryl methyl sites for hydroxylation is 1. The van der Waals surface area contributed by atoms with Crippen molar-refractivity contribution in [3.8, 4) is 12.3 Å². The second kappa shape index (κ2) is 5.77. The Bertz CT molecular complexity index is 348. The highest BCUT2D eigenvalue weighted by Gasteiger charge is 2.09. The molecule has 0 aliphatic heterocycles. The summed E-state index contributed by atoms with van der Waals surface area (Å²) in [4.78, 5) is 0. The van der Waals surface area contributed by atoms with Gasteiger partial charge in [-0.3, -0.25) is 11.3 Å². The number of nitrogens with two attached hydrogens (primary N) is 1. The number of hydrogen-bond donors (Lipinski definition) is 2. The second-order valence-electron chi connectivity index (χ2n) is 3.52. The Labute approximate surface area is 95.8 Å². The Morgan fingerprint density at radius 3 is 2.80 bits per heavy atom. The molecule has 15 heavy (non-hydrogen) atoms. The number of terminal acetylenes is 1. The summed E-state index contributed by atoms with van der Waals surface area (Å²) in [7, 11) is 0. The maximum absolute atomic E-state index is 5.98. The first-order valence-corrected chi connectivity index (χ1v) is 5.22. The first-order chi connectivity index (χ1) is 7.17. The van der Waals surface area contributed by atoms with Gasteiger partial charge in [-0.15, -0.1) is 12.3 Å². The van der Waals surface area contributed by atoms with E-state index in [0.29, 0.717) is 6.42 Å². The molecule has 1 aromatic rings. The lowest BCUT2D eigenvalue weighted by atomic mass is 10.0. The van der Waals surface area contributed by atoms with Crippen molar-refractivity contribution in [3.63, 3.8) is 0 Å². The molecule has 80 valence electrons. The summed E-state index contributed by atoms with van der Waals surface area (Å²) < 4.78 is 0. The Kier molecular flexibility index (Phi) is 4.64. The van der Waals surface area contributed by atoms with Crippen LogP contribution in [-0.4, -0.2) is 0 Å². The van der Waals surface area contributed by atoms with Crippen molar-refractivity contribution in [1.82, 2.24) is 5.43 Å². The fourth-order valence-corrected chi connectivity index (χ4v) is 1.84. The standard InChI is InChI=1S/C12H15ClN2/c1-3-4-5-12(15-14)10-6-9(2)7-11(13)8-10/h1,6-8,12,15H,4-5,14H2,2H3. The molecule has 1 aromatic carbocycles. The van der Waals surface area contributed by atoms with Gasteiger partial charge in [-0.2, -0.15) is 0 Å². The van der Waals surface area contributed by atoms with E-state index in [1.54, 1.807) is 0 Å². The topological polar surface area (TPSA) is 38.0 Å². The minimum Gasteiger partial charge on any atom is -0.271 e. The molecular formula is C12H15ClN2. The maximum Gasteiger partial charge on any atom is 0.0469 e. The highest BCUT2D eigenvalue weighted by molar-refractivity contribution is 6.30. The van der Waals surface area contributed by atoms with Crippen molar-refractivity contribution in [3.05, 3.63) is 34.3 Å². The molecule has 0 amide bonds. The average molecular weight is 223 g/mol. The van der Waals surface area contributed by atoms with Gasteiger partial charge < -0.3 is 0 Å². The fourth-order valence-electron chi connectivity index (χ4n) is 1.54. The molecule has 1 unspecified atom stereocenters. The molecule has 0 aliphatic rings. The summed E-state index contributed by atoms with van der Waals surface area (Å²) in [6.45, 7) is 2.00. The van der Waals surface area contributed by atoms with Gasteiger partial charge in [-0.1, -0.05) is 17.7 Å². The van der Waals surface area contributed by atoms with Crippen LogP contribution in [0.3, 0.4) is 0 Å². The summed E-state index contributed by atoms with van der Waals surface area (Å²) in [6.07, 6.45) is 6.73. The number of halogens is 1. The molecule has 0 saturated carbocycles. The van der Waals surface area contributed by atoms with Crippen molar-refractivity contribution >= 4 is 11.6 Å². The first kappa shape index (κ1) is 12.1. The molecule has 3 N–H and O–H groups in total. The summed E-state index contributed by atoms with van der Waals surface area (Å²) in [5, 5.41) is 0.728. The summed E-state index contributed by atoms with van der Waals surface area (Å²) >= 11 is 5.98. The minimum absolute atomic E-state index is 0.0680. The lowest BCUT2D eigenvalue weighted by molar-refractivity contribution is 0.523. The van der Waals surface area contributed by atoms with E-state index < -0.39 is 0 Å². The number of nitrogens with one attached hydrogen (secondary N) is 1. The van der Waals surface area contributed by atoms with Crippen LogP contribution in [0.25, 0.3) is 0 Å². The predicted octanol–water partition coefficient (Wildman–Crippen LogP) is 2.57. The van der Waals surface area contributed by atoms with Gasteiger partial charge in [0.25, 0.3) is 0 Å². The molecule has 0 fully saturated rings. The van der Waals surface area contributed by atoms with Crippen LogP contribution in [0.2, 0.25) is 5.02 Å². The lowest BCUT2D eigenvalue weighted by Gasteiger charge is -2.16. The molecule has 0 saturated heterocycles. The van der Waals surface area contributed by atoms with Crippen LogP contribution in [0.1, 0.15) is 30.0 Å². The van der Waals surface area contributed by atoms with E-state index in [9.17, 15) is 0 Å². The van der Waals surface area contributed by atoms with Crippen LogP contribution in [0.15, 0.2) is 18.2 Å². The van der Waals surface area contributed by atoms with E-state index in [4.69, 9.17) is 23.9 Å². The second-order valence-corrected chi connectivity index (χ2v) is 3.96. The molecule has 3 heteroatoms. The van der Waals surface area contributed by atoms with Crippen molar-refractivity contribution < 1.29 is 0 Å². The van der Waals surface area contributed by atoms with Gasteiger partial charge in [-0.25, -0.2) is 0 Å². The SMILES string of the molecule is C#CCCC(NN)c1cc(C)cc(Cl)c1. The quantitative estimate of drug-likeness (QED) is 0.467. The highest BCUT2D eigenvalue weighted by atomic mass is 35.5. The van der Waals surface area contributed by atoms with Crippen LogP contribution < -0.4 is 11.3 Å². The average Bonchev–Trinajstić information content (AvgIpc) is 2.17. The van der Waals surface area contributed by atoms with E-state index in [2.05, 4.69) is 17.4 Å². The Balaban J connectivity index is 2.87. The minimum atomic E-state index is 0.0680. The smallest absolute Gasteiger partial charge is 0.0469 e. The number of rotatable bonds is 4. The Hall–Kier alpha value is -1.01. The number of benzene rings is 1. The normalized spacial score (nSPS) is 12.1. The molecule has 1 rings (SSSR count). The zero-order chi connectivity index (χ0) is 11.3. The lowest BCUT2D eigenvalue weighted by Crippen LogP contribution is -2.27. The van der Waals surface area contributed by atoms with Crippen molar-refractivity contribution in [2.45, 2.75) is 25.8 Å². The van der Waals surface area contributed by atoms with Gasteiger partial charge in [0, 0.05) is 17.5 Å². The molecule has 0 spiro atoms. The van der Waals surface area contributed by atoms with Gasteiger partial charge in [0.05, 0.1) is 0 Å². The van der Waals surface area contributed by atoms with Crippen LogP contribution in [-0.2, 0) is 0 Å². The molecule has 0 aromatic heterocycles. The van der Waals surface area contributed by atoms with Crippen molar-refractivity contribution in [2.75, 3.05) is 0 Å². The largest absolute Gasteiger partial charge is 0.271 e. The molecule has 1 atom stereocenters. The van der Waals surface area contributed by atoms with Gasteiger partial charge in [0.15, 0.2) is 0 Å². The molecule has 0 heterocycles. The molecular weight excluding hydrogens is 208 g/mol. The third-order valence-electron chi connectivity index (χ3n) is 2.25. The molecule has 0 aliphatic carbocycles. The van der Waals surface area contributed by atoms with Crippen LogP contribution in [0.5, 0.6) is 0 Å². The van der Waals surface area contributed by atoms with Gasteiger partial charge in [0.1, 0.15) is 0 Å². The van der Waals surface area contributed by atoms with Crippen molar-refractivity contribution in [1.29, 1.82) is 0 Å². The summed E-state index contributed by atoms with van der Waals surface area (Å²) in [5.74, 6) is 8.09. The van der Waals surface area contributed by atoms with Crippen LogP contribution in [0, 0.1) is 19.3 Å². The van der Waals surface area contributed by atoms with Gasteiger partial charge >= 0.3 is 0 Å². The third-order valence-corrected chi connectivity index (χ3v) is 2.46. The summed E-state index contributed by atoms with van der Waals surface area (Å²) in [6, 6.07) is 5.96. The third kappa shape index (κ3) is 3.56. The van der Waals surface area contributed by atoms with E-state index in [1.807, 2.05) is 19.1 Å². The summed E-state index contributed by atoms with van der Waals surface area (Å²) in [5.41, 5.74) is 4.96. The van der Waals surface area contributed by atoms with E-state index in [1.165, 1.54) is 0 Å². The molecule has 0 bridgehead atoms. The predicted molar refractivity (Wildman–Crippen MR) is 64.3 cm³/mol. The van der Waals surface area contributed by atoms with E-state index >= 15 is 0 Å². The highest BCUT2D eigenvalue weighted by Crippen LogP contribution is 2.22. The maximum atomic E-state index is 5.98. The molecule has 2 nitrogen and oxygen atoms in total. The monoisotopic (exact) mass is 222 g/mol. The Morgan fingerprint density at radius 2 is 2.27 bits per heavy atom. The number of hydrogen-bond acceptors (Lipinski definition) is 2. The molecule has 0 radical (unpaired) electrons. The zero-order valence-corrected chi connectivity index (χ0v) is 9.51. The number of hydrazine groups is 1.